The highest BCUT2D eigenvalue weighted by Crippen LogP contribution is 2.45. The molecule has 0 bridgehead atoms. The van der Waals surface area contributed by atoms with Crippen LogP contribution < -0.4 is 0 Å². The summed E-state index contributed by atoms with van der Waals surface area (Å²) in [6.07, 6.45) is 1.46. The van der Waals surface area contributed by atoms with Crippen LogP contribution in [0.15, 0.2) is 4.52 Å². The molecule has 17 heavy (non-hydrogen) atoms. The Morgan fingerprint density at radius 2 is 2.35 bits per heavy atom. The number of hydrogen-bond acceptors (Lipinski definition) is 6. The van der Waals surface area contributed by atoms with Gasteiger partial charge in [-0.05, 0) is 6.42 Å². The first-order chi connectivity index (χ1) is 8.35. The van der Waals surface area contributed by atoms with E-state index in [1.807, 2.05) is 0 Å². The molecule has 1 aromatic heterocycles. The fourth-order valence-electron chi connectivity index (χ4n) is 1.54. The second kappa shape index (κ2) is 5.75. The van der Waals surface area contributed by atoms with Crippen LogP contribution in [0, 0.1) is 17.2 Å². The molecule has 1 saturated carbocycles. The standard InChI is InChI=1S/C11H15N3O3/c1-15-4-5-16-3-2-10-13-11(17-14-10)9-6-8(9)7-12/h8-9H,2-6H2,1H3. The Balaban J connectivity index is 1.70. The molecule has 0 aromatic carbocycles. The molecule has 1 aliphatic rings. The molecule has 0 N–H and O–H groups in total. The molecule has 0 spiro atoms. The Morgan fingerprint density at radius 3 is 3.06 bits per heavy atom. The molecule has 6 nitrogen and oxygen atoms in total. The van der Waals surface area contributed by atoms with Crippen LogP contribution in [-0.4, -0.2) is 37.1 Å². The summed E-state index contributed by atoms with van der Waals surface area (Å²) < 4.78 is 15.3. The predicted octanol–water partition coefficient (Wildman–Crippen LogP) is 0.902. The molecular formula is C11H15N3O3. The monoisotopic (exact) mass is 237 g/mol. The Bertz CT molecular complexity index is 399. The van der Waals surface area contributed by atoms with E-state index in [0.29, 0.717) is 38.0 Å². The lowest BCUT2D eigenvalue weighted by Gasteiger charge is -1.99. The van der Waals surface area contributed by atoms with Crippen molar-refractivity contribution in [3.63, 3.8) is 0 Å². The van der Waals surface area contributed by atoms with E-state index in [2.05, 4.69) is 16.2 Å². The van der Waals surface area contributed by atoms with Gasteiger partial charge in [-0.2, -0.15) is 10.2 Å². The normalized spacial score (nSPS) is 22.4. The molecule has 1 aliphatic carbocycles. The van der Waals surface area contributed by atoms with Crippen molar-refractivity contribution in [3.05, 3.63) is 11.7 Å². The molecule has 1 heterocycles. The summed E-state index contributed by atoms with van der Waals surface area (Å²) >= 11 is 0. The van der Waals surface area contributed by atoms with Gasteiger partial charge in [0, 0.05) is 13.5 Å². The molecule has 2 atom stereocenters. The summed E-state index contributed by atoms with van der Waals surface area (Å²) in [6.45, 7) is 1.71. The van der Waals surface area contributed by atoms with Crippen LogP contribution >= 0.6 is 0 Å². The highest BCUT2D eigenvalue weighted by molar-refractivity contribution is 5.15. The topological polar surface area (TPSA) is 81.2 Å². The quantitative estimate of drug-likeness (QED) is 0.655. The average molecular weight is 237 g/mol. The molecule has 0 saturated heterocycles. The summed E-state index contributed by atoms with van der Waals surface area (Å²) in [5.41, 5.74) is 0. The van der Waals surface area contributed by atoms with Gasteiger partial charge < -0.3 is 14.0 Å². The first-order valence-electron chi connectivity index (χ1n) is 5.64. The van der Waals surface area contributed by atoms with Crippen LogP contribution in [0.1, 0.15) is 24.1 Å². The third kappa shape index (κ3) is 3.25. The first kappa shape index (κ1) is 12.0. The van der Waals surface area contributed by atoms with Gasteiger partial charge >= 0.3 is 0 Å². The number of nitrogens with zero attached hydrogens (tertiary/aromatic N) is 3. The summed E-state index contributed by atoms with van der Waals surface area (Å²) in [5, 5.41) is 12.6. The Hall–Kier alpha value is -1.45. The maximum Gasteiger partial charge on any atom is 0.231 e. The number of methoxy groups -OCH3 is 1. The molecule has 1 aromatic rings. The van der Waals surface area contributed by atoms with Crippen molar-refractivity contribution in [2.45, 2.75) is 18.8 Å². The van der Waals surface area contributed by atoms with E-state index in [1.54, 1.807) is 7.11 Å². The van der Waals surface area contributed by atoms with E-state index >= 15 is 0 Å². The highest BCUT2D eigenvalue weighted by atomic mass is 16.5. The van der Waals surface area contributed by atoms with E-state index in [0.717, 1.165) is 6.42 Å². The van der Waals surface area contributed by atoms with Gasteiger partial charge in [-0.1, -0.05) is 5.16 Å². The minimum absolute atomic E-state index is 0.0567. The van der Waals surface area contributed by atoms with Crippen molar-refractivity contribution in [1.82, 2.24) is 10.1 Å². The second-order valence-corrected chi connectivity index (χ2v) is 3.98. The van der Waals surface area contributed by atoms with Gasteiger partial charge in [-0.15, -0.1) is 0 Å². The van der Waals surface area contributed by atoms with Crippen LogP contribution in [-0.2, 0) is 15.9 Å². The Kier molecular flexibility index (Phi) is 4.07. The minimum atomic E-state index is 0.0567. The van der Waals surface area contributed by atoms with Crippen LogP contribution in [0.2, 0.25) is 0 Å². The van der Waals surface area contributed by atoms with Gasteiger partial charge in [-0.3, -0.25) is 0 Å². The zero-order valence-electron chi connectivity index (χ0n) is 9.76. The number of hydrogen-bond donors (Lipinski definition) is 0. The molecule has 2 unspecified atom stereocenters. The molecule has 0 aliphatic heterocycles. The zero-order chi connectivity index (χ0) is 12.1. The number of aromatic nitrogens is 2. The largest absolute Gasteiger partial charge is 0.382 e. The average Bonchev–Trinajstić information content (AvgIpc) is 3.00. The summed E-state index contributed by atoms with van der Waals surface area (Å²) in [5.74, 6) is 1.43. The lowest BCUT2D eigenvalue weighted by atomic mass is 10.3. The second-order valence-electron chi connectivity index (χ2n) is 3.98. The highest BCUT2D eigenvalue weighted by Gasteiger charge is 2.43. The van der Waals surface area contributed by atoms with Crippen molar-refractivity contribution < 1.29 is 14.0 Å². The molecule has 2 rings (SSSR count). The van der Waals surface area contributed by atoms with E-state index < -0.39 is 0 Å². The lowest BCUT2D eigenvalue weighted by molar-refractivity contribution is 0.0714. The fraction of sp³-hybridized carbons (Fsp3) is 0.727. The first-order valence-corrected chi connectivity index (χ1v) is 5.64. The van der Waals surface area contributed by atoms with Gasteiger partial charge in [-0.25, -0.2) is 0 Å². The fourth-order valence-corrected chi connectivity index (χ4v) is 1.54. The third-order valence-electron chi connectivity index (χ3n) is 2.66. The maximum absolute atomic E-state index is 8.70. The molecule has 1 fully saturated rings. The predicted molar refractivity (Wildman–Crippen MR) is 57.2 cm³/mol. The lowest BCUT2D eigenvalue weighted by Crippen LogP contribution is -2.05. The van der Waals surface area contributed by atoms with E-state index in [9.17, 15) is 0 Å². The van der Waals surface area contributed by atoms with Crippen molar-refractivity contribution in [3.8, 4) is 6.07 Å². The van der Waals surface area contributed by atoms with Crippen LogP contribution in [0.25, 0.3) is 0 Å². The summed E-state index contributed by atoms with van der Waals surface area (Å²) in [4.78, 5) is 4.25. The molecule has 0 amide bonds. The van der Waals surface area contributed by atoms with E-state index in [1.165, 1.54) is 0 Å². The van der Waals surface area contributed by atoms with Crippen LogP contribution in [0.5, 0.6) is 0 Å². The summed E-state index contributed by atoms with van der Waals surface area (Å²) in [7, 11) is 1.63. The van der Waals surface area contributed by atoms with Crippen molar-refractivity contribution >= 4 is 0 Å². The van der Waals surface area contributed by atoms with Crippen LogP contribution in [0.4, 0.5) is 0 Å². The minimum Gasteiger partial charge on any atom is -0.382 e. The molecule has 92 valence electrons. The van der Waals surface area contributed by atoms with Crippen LogP contribution in [0.3, 0.4) is 0 Å². The van der Waals surface area contributed by atoms with E-state index in [-0.39, 0.29) is 11.8 Å². The Morgan fingerprint density at radius 1 is 1.47 bits per heavy atom. The van der Waals surface area contributed by atoms with E-state index in [4.69, 9.17) is 19.3 Å². The number of nitriles is 1. The number of rotatable bonds is 7. The molecule has 6 heteroatoms. The van der Waals surface area contributed by atoms with Gasteiger partial charge in [0.05, 0.1) is 37.7 Å². The Labute approximate surface area is 99.5 Å². The SMILES string of the molecule is COCCOCCc1noc(C2CC2C#N)n1. The van der Waals surface area contributed by atoms with Crippen molar-refractivity contribution in [1.29, 1.82) is 5.26 Å². The maximum atomic E-state index is 8.70. The van der Waals surface area contributed by atoms with Gasteiger partial charge in [0.25, 0.3) is 0 Å². The van der Waals surface area contributed by atoms with Gasteiger partial charge in [0.1, 0.15) is 0 Å². The summed E-state index contributed by atoms with van der Waals surface area (Å²) in [6, 6.07) is 2.20. The zero-order valence-corrected chi connectivity index (χ0v) is 9.76. The molecular weight excluding hydrogens is 222 g/mol. The third-order valence-corrected chi connectivity index (χ3v) is 2.66. The number of ether oxygens (including phenoxy) is 2. The van der Waals surface area contributed by atoms with Gasteiger partial charge in [0.2, 0.25) is 5.89 Å². The van der Waals surface area contributed by atoms with Gasteiger partial charge in [0.15, 0.2) is 5.82 Å². The van der Waals surface area contributed by atoms with Crippen molar-refractivity contribution in [2.24, 2.45) is 5.92 Å². The molecule has 0 radical (unpaired) electrons. The smallest absolute Gasteiger partial charge is 0.231 e. The van der Waals surface area contributed by atoms with Crippen molar-refractivity contribution in [2.75, 3.05) is 26.9 Å².